The number of nitrogens with one attached hydrogen (secondary N) is 4. The third kappa shape index (κ3) is 4.40. The normalized spacial score (nSPS) is 10.9. The van der Waals surface area contributed by atoms with Crippen LogP contribution in [0.1, 0.15) is 0 Å². The van der Waals surface area contributed by atoms with Crippen molar-refractivity contribution in [2.45, 2.75) is 0 Å². The number of amides is 4. The number of aryl methyl sites for hydroxylation is 2. The number of hydrogen-bond donors (Lipinski definition) is 4. The number of hydrogen-bond acceptors (Lipinski definition) is 3. The van der Waals surface area contributed by atoms with Crippen molar-refractivity contribution in [1.82, 2.24) is 14.1 Å². The molecule has 9 nitrogen and oxygen atoms in total. The van der Waals surface area contributed by atoms with E-state index in [0.717, 1.165) is 21.8 Å². The van der Waals surface area contributed by atoms with Gasteiger partial charge >= 0.3 is 12.1 Å². The maximum atomic E-state index is 12.5. The zero-order valence-corrected chi connectivity index (χ0v) is 18.7. The molecule has 3 heterocycles. The number of fused-ring (bicyclic) bond motifs is 2. The summed E-state index contributed by atoms with van der Waals surface area (Å²) in [6.45, 7) is 0. The second-order valence-electron chi connectivity index (χ2n) is 8.02. The number of urea groups is 2. The molecule has 4 amide bonds. The number of benzene rings is 2. The van der Waals surface area contributed by atoms with Crippen LogP contribution in [0.2, 0.25) is 0 Å². The fourth-order valence-electron chi connectivity index (χ4n) is 3.88. The predicted octanol–water partition coefficient (Wildman–Crippen LogP) is 5.35. The number of anilines is 4. The summed E-state index contributed by atoms with van der Waals surface area (Å²) in [7, 11) is 3.94. The Kier molecular flexibility index (Phi) is 5.35. The van der Waals surface area contributed by atoms with E-state index in [4.69, 9.17) is 0 Å². The van der Waals surface area contributed by atoms with Crippen LogP contribution in [0.25, 0.3) is 21.8 Å². The lowest BCUT2D eigenvalue weighted by Crippen LogP contribution is -2.21. The minimum atomic E-state index is -0.408. The summed E-state index contributed by atoms with van der Waals surface area (Å²) in [4.78, 5) is 29.0. The number of carbonyl (C=O) groups is 2. The van der Waals surface area contributed by atoms with Gasteiger partial charge in [-0.25, -0.2) is 9.59 Å². The first-order valence-electron chi connectivity index (χ1n) is 10.7. The van der Waals surface area contributed by atoms with Crippen molar-refractivity contribution >= 4 is 56.6 Å². The van der Waals surface area contributed by atoms with Crippen molar-refractivity contribution in [2.24, 2.45) is 14.1 Å². The van der Waals surface area contributed by atoms with Crippen LogP contribution in [0.4, 0.5) is 32.3 Å². The molecule has 0 atom stereocenters. The van der Waals surface area contributed by atoms with Gasteiger partial charge in [0.15, 0.2) is 0 Å². The first-order chi connectivity index (χ1) is 16.4. The van der Waals surface area contributed by atoms with Crippen molar-refractivity contribution in [3.8, 4) is 0 Å². The fraction of sp³-hybridized carbons (Fsp3) is 0.0800. The monoisotopic (exact) mass is 453 g/mol. The average molecular weight is 454 g/mol. The number of nitrogens with zero attached hydrogens (tertiary/aromatic N) is 3. The second kappa shape index (κ2) is 8.62. The van der Waals surface area contributed by atoms with Crippen molar-refractivity contribution in [2.75, 3.05) is 21.3 Å². The van der Waals surface area contributed by atoms with E-state index in [-0.39, 0.29) is 0 Å². The van der Waals surface area contributed by atoms with E-state index >= 15 is 0 Å². The van der Waals surface area contributed by atoms with Gasteiger partial charge in [-0.1, -0.05) is 0 Å². The highest BCUT2D eigenvalue weighted by atomic mass is 16.2. The molecule has 5 rings (SSSR count). The van der Waals surface area contributed by atoms with E-state index in [9.17, 15) is 9.59 Å². The SMILES string of the molecule is Cn1ccc2cc(NC(=O)Nc3cncc(NC(=O)Nc4ccc5c(ccn5C)c4)c3)ccc21. The van der Waals surface area contributed by atoms with Crippen LogP contribution in [0.5, 0.6) is 0 Å². The summed E-state index contributed by atoms with van der Waals surface area (Å²) < 4.78 is 4.03. The minimum absolute atomic E-state index is 0.408. The van der Waals surface area contributed by atoms with Gasteiger partial charge in [0, 0.05) is 59.7 Å². The van der Waals surface area contributed by atoms with Gasteiger partial charge in [0.1, 0.15) is 0 Å². The molecule has 0 saturated carbocycles. The first kappa shape index (κ1) is 21.1. The van der Waals surface area contributed by atoms with Crippen molar-refractivity contribution < 1.29 is 9.59 Å². The lowest BCUT2D eigenvalue weighted by molar-refractivity contribution is 0.261. The number of rotatable bonds is 4. The van der Waals surface area contributed by atoms with Gasteiger partial charge in [-0.3, -0.25) is 4.98 Å². The molecule has 3 aromatic heterocycles. The van der Waals surface area contributed by atoms with Crippen LogP contribution in [-0.4, -0.2) is 26.2 Å². The molecular weight excluding hydrogens is 430 g/mol. The standard InChI is InChI=1S/C25H23N7O2/c1-31-9-7-16-11-18(3-5-22(16)31)27-24(33)29-20-13-21(15-26-14-20)30-25(34)28-19-4-6-23-17(12-19)8-10-32(23)2/h3-15H,1-2H3,(H2,27,29,33)(H2,28,30,34). The summed E-state index contributed by atoms with van der Waals surface area (Å²) in [5.41, 5.74) is 4.40. The lowest BCUT2D eigenvalue weighted by Gasteiger charge is -2.11. The quantitative estimate of drug-likeness (QED) is 0.295. The Bertz CT molecular complexity index is 1420. The summed E-state index contributed by atoms with van der Waals surface area (Å²) >= 11 is 0. The summed E-state index contributed by atoms with van der Waals surface area (Å²) in [5.74, 6) is 0. The molecule has 0 aliphatic carbocycles. The Morgan fingerprint density at radius 1 is 0.618 bits per heavy atom. The Hall–Kier alpha value is -4.79. The lowest BCUT2D eigenvalue weighted by atomic mass is 10.2. The highest BCUT2D eigenvalue weighted by molar-refractivity contribution is 6.03. The molecule has 34 heavy (non-hydrogen) atoms. The maximum absolute atomic E-state index is 12.5. The minimum Gasteiger partial charge on any atom is -0.351 e. The molecule has 5 aromatic rings. The molecule has 0 fully saturated rings. The van der Waals surface area contributed by atoms with Crippen LogP contribution >= 0.6 is 0 Å². The Morgan fingerprint density at radius 2 is 1.06 bits per heavy atom. The predicted molar refractivity (Wildman–Crippen MR) is 135 cm³/mol. The first-order valence-corrected chi connectivity index (χ1v) is 10.7. The Morgan fingerprint density at radius 3 is 1.53 bits per heavy atom. The molecule has 4 N–H and O–H groups in total. The molecule has 0 bridgehead atoms. The third-order valence-electron chi connectivity index (χ3n) is 5.54. The maximum Gasteiger partial charge on any atom is 0.323 e. The van der Waals surface area contributed by atoms with E-state index in [1.54, 1.807) is 6.07 Å². The van der Waals surface area contributed by atoms with Crippen LogP contribution in [-0.2, 0) is 14.1 Å². The fourth-order valence-corrected chi connectivity index (χ4v) is 3.88. The smallest absolute Gasteiger partial charge is 0.323 e. The van der Waals surface area contributed by atoms with Gasteiger partial charge in [-0.05, 0) is 54.6 Å². The summed E-state index contributed by atoms with van der Waals surface area (Å²) in [6.07, 6.45) is 6.95. The summed E-state index contributed by atoms with van der Waals surface area (Å²) in [5, 5.41) is 13.2. The second-order valence-corrected chi connectivity index (χ2v) is 8.02. The van der Waals surface area contributed by atoms with E-state index in [1.165, 1.54) is 12.4 Å². The number of pyridine rings is 1. The van der Waals surface area contributed by atoms with Gasteiger partial charge < -0.3 is 30.4 Å². The van der Waals surface area contributed by atoms with E-state index in [2.05, 4.69) is 26.3 Å². The molecule has 0 aliphatic rings. The van der Waals surface area contributed by atoms with Gasteiger partial charge in [0.25, 0.3) is 0 Å². The average Bonchev–Trinajstić information content (AvgIpc) is 3.36. The summed E-state index contributed by atoms with van der Waals surface area (Å²) in [6, 6.07) is 16.2. The van der Waals surface area contributed by atoms with E-state index in [0.29, 0.717) is 22.7 Å². The number of carbonyl (C=O) groups excluding carboxylic acids is 2. The zero-order valence-electron chi connectivity index (χ0n) is 18.7. The van der Waals surface area contributed by atoms with Crippen LogP contribution < -0.4 is 21.3 Å². The largest absolute Gasteiger partial charge is 0.351 e. The van der Waals surface area contributed by atoms with Crippen molar-refractivity contribution in [3.05, 3.63) is 79.4 Å². The van der Waals surface area contributed by atoms with Gasteiger partial charge in [0.2, 0.25) is 0 Å². The molecule has 170 valence electrons. The molecule has 0 saturated heterocycles. The van der Waals surface area contributed by atoms with Crippen LogP contribution in [0.15, 0.2) is 79.4 Å². The molecule has 9 heteroatoms. The molecule has 2 aromatic carbocycles. The Balaban J connectivity index is 1.20. The van der Waals surface area contributed by atoms with Gasteiger partial charge in [-0.15, -0.1) is 0 Å². The topological polar surface area (TPSA) is 105 Å². The third-order valence-corrected chi connectivity index (χ3v) is 5.54. The zero-order chi connectivity index (χ0) is 23.7. The molecule has 0 radical (unpaired) electrons. The molecule has 0 aliphatic heterocycles. The van der Waals surface area contributed by atoms with E-state index < -0.39 is 12.1 Å². The Labute approximate surface area is 195 Å². The van der Waals surface area contributed by atoms with Crippen molar-refractivity contribution in [3.63, 3.8) is 0 Å². The van der Waals surface area contributed by atoms with Gasteiger partial charge in [0.05, 0.1) is 23.8 Å². The van der Waals surface area contributed by atoms with E-state index in [1.807, 2.05) is 84.2 Å². The molecular formula is C25H23N7O2. The van der Waals surface area contributed by atoms with Crippen molar-refractivity contribution in [1.29, 1.82) is 0 Å². The molecule has 0 spiro atoms. The highest BCUT2D eigenvalue weighted by Gasteiger charge is 2.08. The van der Waals surface area contributed by atoms with Crippen LogP contribution in [0, 0.1) is 0 Å². The van der Waals surface area contributed by atoms with Crippen LogP contribution in [0.3, 0.4) is 0 Å². The van der Waals surface area contributed by atoms with Gasteiger partial charge in [-0.2, -0.15) is 0 Å². The highest BCUT2D eigenvalue weighted by Crippen LogP contribution is 2.22. The molecule has 0 unspecified atom stereocenters. The number of aromatic nitrogens is 3.